The molecule has 0 saturated heterocycles. The van der Waals surface area contributed by atoms with Gasteiger partial charge >= 0.3 is 0 Å². The molecule has 0 radical (unpaired) electrons. The molecule has 0 bridgehead atoms. The van der Waals surface area contributed by atoms with Gasteiger partial charge in [-0.3, -0.25) is 0 Å². The van der Waals surface area contributed by atoms with Crippen LogP contribution in [0.3, 0.4) is 0 Å². The Balaban J connectivity index is 2.82. The van der Waals surface area contributed by atoms with Crippen molar-refractivity contribution >= 4 is 28.9 Å². The Labute approximate surface area is 87.7 Å². The van der Waals surface area contributed by atoms with Crippen molar-refractivity contribution in [3.05, 3.63) is 24.3 Å². The van der Waals surface area contributed by atoms with Crippen LogP contribution in [-0.4, -0.2) is 14.5 Å². The highest BCUT2D eigenvalue weighted by molar-refractivity contribution is 8.67. The summed E-state index contributed by atoms with van der Waals surface area (Å²) in [6.07, 6.45) is 7.89. The second-order valence-corrected chi connectivity index (χ2v) is 9.64. The summed E-state index contributed by atoms with van der Waals surface area (Å²) in [5, 5.41) is 0. The zero-order valence-electron chi connectivity index (χ0n) is 7.54. The van der Waals surface area contributed by atoms with Crippen LogP contribution in [0.15, 0.2) is 24.3 Å². The number of hydrogen-bond acceptors (Lipinski definition) is 2. The summed E-state index contributed by atoms with van der Waals surface area (Å²) in [5.74, 6) is 0.268. The van der Waals surface area contributed by atoms with Gasteiger partial charge in [0.2, 0.25) is 5.69 Å². The minimum absolute atomic E-state index is 0.268. The van der Waals surface area contributed by atoms with E-state index in [1.165, 1.54) is 0 Å². The fourth-order valence-electron chi connectivity index (χ4n) is 1.19. The summed E-state index contributed by atoms with van der Waals surface area (Å²) < 4.78 is -0.284. The first-order chi connectivity index (χ1) is 5.83. The number of allylic oxidation sites excluding steroid dienone is 3. The zero-order valence-corrected chi connectivity index (χ0v) is 10.1. The topological polar surface area (TPSA) is 40.5 Å². The van der Waals surface area contributed by atoms with E-state index >= 15 is 0 Å². The molecular weight excluding hydrogens is 223 g/mol. The Morgan fingerprint density at radius 2 is 2.08 bits per heavy atom. The average molecular weight is 236 g/mol. The maximum Gasteiger partial charge on any atom is 0.242 e. The molecule has 0 fully saturated rings. The minimum Gasteiger partial charge on any atom is -0.338 e. The van der Waals surface area contributed by atoms with Gasteiger partial charge in [0.05, 0.1) is 0 Å². The smallest absolute Gasteiger partial charge is 0.242 e. The van der Waals surface area contributed by atoms with Crippen molar-refractivity contribution < 1.29 is 9.79 Å². The van der Waals surface area contributed by atoms with Crippen molar-refractivity contribution in [1.29, 1.82) is 0 Å². The van der Waals surface area contributed by atoms with Gasteiger partial charge in [0.15, 0.2) is 0 Å². The first-order valence-electron chi connectivity index (χ1n) is 3.96. The van der Waals surface area contributed by atoms with Gasteiger partial charge in [0, 0.05) is 4.75 Å². The molecule has 0 aromatic rings. The molecule has 0 saturated carbocycles. The van der Waals surface area contributed by atoms with E-state index in [4.69, 9.17) is 0 Å². The van der Waals surface area contributed by atoms with Crippen LogP contribution < -0.4 is 0 Å². The molecule has 0 aromatic carbocycles. The van der Waals surface area contributed by atoms with Gasteiger partial charge in [0.25, 0.3) is 0 Å². The molecule has 1 aliphatic carbocycles. The molecule has 0 heterocycles. The normalized spacial score (nSPS) is 33.7. The predicted octanol–water partition coefficient (Wildman–Crippen LogP) is 2.45. The number of rotatable bonds is 2. The maximum atomic E-state index is 9.24. The Bertz CT molecular complexity index is 295. The molecule has 1 rings (SSSR count). The van der Waals surface area contributed by atoms with Crippen LogP contribution in [0.5, 0.6) is 0 Å². The van der Waals surface area contributed by atoms with E-state index in [-0.39, 0.29) is 10.7 Å². The van der Waals surface area contributed by atoms with Crippen LogP contribution in [0.1, 0.15) is 13.8 Å². The van der Waals surface area contributed by atoms with E-state index in [2.05, 4.69) is 11.8 Å². The van der Waals surface area contributed by atoms with Crippen molar-refractivity contribution in [3.63, 3.8) is 0 Å². The van der Waals surface area contributed by atoms with Crippen LogP contribution in [-0.2, 0) is 11.8 Å². The van der Waals surface area contributed by atoms with Gasteiger partial charge in [-0.25, -0.2) is 0 Å². The lowest BCUT2D eigenvalue weighted by Gasteiger charge is -2.33. The highest BCUT2D eigenvalue weighted by Gasteiger charge is 2.33. The van der Waals surface area contributed by atoms with Gasteiger partial charge in [0.1, 0.15) is 0 Å². The molecule has 2 atom stereocenters. The largest absolute Gasteiger partial charge is 0.338 e. The van der Waals surface area contributed by atoms with E-state index in [0.717, 1.165) is 11.4 Å². The fourth-order valence-corrected chi connectivity index (χ4v) is 5.75. The molecule has 2 unspecified atom stereocenters. The third-order valence-electron chi connectivity index (χ3n) is 2.16. The van der Waals surface area contributed by atoms with E-state index in [9.17, 15) is 9.79 Å². The Kier molecular flexibility index (Phi) is 3.42. The van der Waals surface area contributed by atoms with E-state index in [1.807, 2.05) is 38.2 Å². The third-order valence-corrected chi connectivity index (χ3v) is 5.86. The molecule has 5 heteroatoms. The van der Waals surface area contributed by atoms with E-state index in [1.54, 1.807) is 0 Å². The van der Waals surface area contributed by atoms with Gasteiger partial charge in [-0.15, -0.1) is 0 Å². The molecule has 74 valence electrons. The van der Waals surface area contributed by atoms with Crippen molar-refractivity contribution in [2.24, 2.45) is 5.92 Å². The highest BCUT2D eigenvalue weighted by atomic mass is 32.9. The summed E-state index contributed by atoms with van der Waals surface area (Å²) in [4.78, 5) is 18.5. The molecule has 2 N–H and O–H groups in total. The second-order valence-electron chi connectivity index (χ2n) is 3.30. The summed E-state index contributed by atoms with van der Waals surface area (Å²) >= 11 is 5.70. The molecular formula is C8H13O2PS2. The van der Waals surface area contributed by atoms with Gasteiger partial charge in [-0.1, -0.05) is 42.6 Å². The standard InChI is InChI=1S/C8H13O2PS2/c1-7-5-3-4-6-8(7,2)13-11(9,10)12/h3-7H,1-2H3,(H2,9,10,12). The van der Waals surface area contributed by atoms with Crippen LogP contribution in [0.4, 0.5) is 0 Å². The fraction of sp³-hybridized carbons (Fsp3) is 0.500. The molecule has 0 spiro atoms. The SMILES string of the molecule is CC1C=CC=CC1(C)SP(O)(O)=S. The number of hydrogen-bond donors (Lipinski definition) is 2. The van der Waals surface area contributed by atoms with Crippen LogP contribution in [0.25, 0.3) is 0 Å². The van der Waals surface area contributed by atoms with E-state index < -0.39 is 5.69 Å². The van der Waals surface area contributed by atoms with Crippen LogP contribution in [0.2, 0.25) is 0 Å². The molecule has 13 heavy (non-hydrogen) atoms. The van der Waals surface area contributed by atoms with Crippen molar-refractivity contribution in [2.75, 3.05) is 0 Å². The monoisotopic (exact) mass is 236 g/mol. The highest BCUT2D eigenvalue weighted by Crippen LogP contribution is 2.60. The van der Waals surface area contributed by atoms with Gasteiger partial charge in [-0.05, 0) is 24.6 Å². The van der Waals surface area contributed by atoms with Crippen molar-refractivity contribution in [3.8, 4) is 0 Å². The van der Waals surface area contributed by atoms with Crippen LogP contribution >= 0.6 is 17.1 Å². The molecule has 0 aromatic heterocycles. The second kappa shape index (κ2) is 3.87. The third kappa shape index (κ3) is 3.22. The molecule has 0 aliphatic heterocycles. The van der Waals surface area contributed by atoms with Gasteiger partial charge < -0.3 is 9.79 Å². The molecule has 2 nitrogen and oxygen atoms in total. The quantitative estimate of drug-likeness (QED) is 0.722. The minimum atomic E-state index is -3.17. The lowest BCUT2D eigenvalue weighted by molar-refractivity contribution is 0.499. The predicted molar refractivity (Wildman–Crippen MR) is 62.2 cm³/mol. The van der Waals surface area contributed by atoms with E-state index in [0.29, 0.717) is 0 Å². The van der Waals surface area contributed by atoms with Gasteiger partial charge in [-0.2, -0.15) is 0 Å². The van der Waals surface area contributed by atoms with Crippen LogP contribution in [0, 0.1) is 5.92 Å². The molecule has 1 aliphatic rings. The van der Waals surface area contributed by atoms with Crippen molar-refractivity contribution in [2.45, 2.75) is 18.6 Å². The zero-order chi connectivity index (χ0) is 10.1. The Morgan fingerprint density at radius 1 is 1.46 bits per heavy atom. The summed E-state index contributed by atoms with van der Waals surface area (Å²) in [6, 6.07) is 0. The molecule has 0 amide bonds. The first-order valence-corrected chi connectivity index (χ1v) is 8.09. The Morgan fingerprint density at radius 3 is 2.54 bits per heavy atom. The lowest BCUT2D eigenvalue weighted by atomic mass is 9.91. The first kappa shape index (κ1) is 11.5. The lowest BCUT2D eigenvalue weighted by Crippen LogP contribution is -2.26. The van der Waals surface area contributed by atoms with Crippen molar-refractivity contribution in [1.82, 2.24) is 0 Å². The summed E-state index contributed by atoms with van der Waals surface area (Å²) in [7, 11) is 0. The average Bonchev–Trinajstić information content (AvgIpc) is 1.92. The maximum absolute atomic E-state index is 9.24. The summed E-state index contributed by atoms with van der Waals surface area (Å²) in [6.45, 7) is 4.01. The summed E-state index contributed by atoms with van der Waals surface area (Å²) in [5.41, 5.74) is -3.17. The Hall–Kier alpha value is 0.400.